The molecule has 0 aromatic heterocycles. The van der Waals surface area contributed by atoms with Crippen molar-refractivity contribution in [2.75, 3.05) is 12.8 Å². The van der Waals surface area contributed by atoms with Gasteiger partial charge in [-0.3, -0.25) is 4.79 Å². The second-order valence-corrected chi connectivity index (χ2v) is 8.08. The van der Waals surface area contributed by atoms with Crippen molar-refractivity contribution in [2.45, 2.75) is 31.8 Å². The predicted molar refractivity (Wildman–Crippen MR) is 85.2 cm³/mol. The van der Waals surface area contributed by atoms with Gasteiger partial charge in [0.15, 0.2) is 0 Å². The SMILES string of the molecule is CS(=O)(=O)N1CCCCC1C(=O)NCc1cccc(Br)c1. The maximum atomic E-state index is 12.3. The minimum Gasteiger partial charge on any atom is -0.351 e. The first-order chi connectivity index (χ1) is 9.88. The predicted octanol–water partition coefficient (Wildman–Crippen LogP) is 1.88. The Kier molecular flexibility index (Phi) is 5.40. The van der Waals surface area contributed by atoms with Gasteiger partial charge in [0.25, 0.3) is 0 Å². The van der Waals surface area contributed by atoms with Crippen LogP contribution in [0.1, 0.15) is 24.8 Å². The van der Waals surface area contributed by atoms with Gasteiger partial charge in [-0.2, -0.15) is 4.31 Å². The number of nitrogens with one attached hydrogen (secondary N) is 1. The molecule has 0 spiro atoms. The van der Waals surface area contributed by atoms with Crippen molar-refractivity contribution >= 4 is 31.9 Å². The summed E-state index contributed by atoms with van der Waals surface area (Å²) in [6.07, 6.45) is 3.42. The van der Waals surface area contributed by atoms with E-state index in [9.17, 15) is 13.2 Å². The number of amides is 1. The normalized spacial score (nSPS) is 20.2. The van der Waals surface area contributed by atoms with Crippen LogP contribution >= 0.6 is 15.9 Å². The van der Waals surface area contributed by atoms with Crippen molar-refractivity contribution in [3.8, 4) is 0 Å². The Labute approximate surface area is 133 Å². The Morgan fingerprint density at radius 2 is 2.19 bits per heavy atom. The lowest BCUT2D eigenvalue weighted by Crippen LogP contribution is -2.51. The molecule has 1 aliphatic heterocycles. The van der Waals surface area contributed by atoms with Crippen LogP contribution in [0.4, 0.5) is 0 Å². The molecule has 0 aliphatic carbocycles. The van der Waals surface area contributed by atoms with Crippen LogP contribution in [0.25, 0.3) is 0 Å². The van der Waals surface area contributed by atoms with Crippen molar-refractivity contribution in [1.82, 2.24) is 9.62 Å². The summed E-state index contributed by atoms with van der Waals surface area (Å²) in [5.41, 5.74) is 0.972. The topological polar surface area (TPSA) is 66.5 Å². The summed E-state index contributed by atoms with van der Waals surface area (Å²) in [5, 5.41) is 2.83. The highest BCUT2D eigenvalue weighted by Gasteiger charge is 2.34. The van der Waals surface area contributed by atoms with E-state index in [2.05, 4.69) is 21.2 Å². The van der Waals surface area contributed by atoms with E-state index in [1.54, 1.807) is 0 Å². The molecule has 0 saturated carbocycles. The Bertz CT molecular complexity index is 618. The van der Waals surface area contributed by atoms with Crippen LogP contribution < -0.4 is 5.32 Å². The highest BCUT2D eigenvalue weighted by Crippen LogP contribution is 2.20. The van der Waals surface area contributed by atoms with E-state index in [0.717, 1.165) is 29.1 Å². The van der Waals surface area contributed by atoms with E-state index in [1.807, 2.05) is 24.3 Å². The fourth-order valence-electron chi connectivity index (χ4n) is 2.52. The zero-order valence-electron chi connectivity index (χ0n) is 11.9. The molecule has 0 bridgehead atoms. The highest BCUT2D eigenvalue weighted by atomic mass is 79.9. The molecule has 1 heterocycles. The highest BCUT2D eigenvalue weighted by molar-refractivity contribution is 9.10. The molecule has 1 aromatic carbocycles. The first-order valence-corrected chi connectivity index (χ1v) is 9.51. The lowest BCUT2D eigenvalue weighted by atomic mass is 10.0. The number of hydrogen-bond acceptors (Lipinski definition) is 3. The molecule has 1 fully saturated rings. The molecule has 0 radical (unpaired) electrons. The quantitative estimate of drug-likeness (QED) is 0.874. The molecular weight excluding hydrogens is 356 g/mol. The molecule has 1 saturated heterocycles. The van der Waals surface area contributed by atoms with E-state index in [-0.39, 0.29) is 5.91 Å². The van der Waals surface area contributed by atoms with Gasteiger partial charge in [0.2, 0.25) is 15.9 Å². The molecule has 1 aliphatic rings. The minimum absolute atomic E-state index is 0.222. The summed E-state index contributed by atoms with van der Waals surface area (Å²) in [7, 11) is -3.34. The van der Waals surface area contributed by atoms with Gasteiger partial charge in [0.05, 0.1) is 6.26 Å². The van der Waals surface area contributed by atoms with E-state index >= 15 is 0 Å². The van der Waals surface area contributed by atoms with Crippen LogP contribution in [0.3, 0.4) is 0 Å². The van der Waals surface area contributed by atoms with Crippen LogP contribution in [0.15, 0.2) is 28.7 Å². The number of benzene rings is 1. The Balaban J connectivity index is 2.01. The number of carbonyl (C=O) groups is 1. The number of nitrogens with zero attached hydrogens (tertiary/aromatic N) is 1. The van der Waals surface area contributed by atoms with E-state index < -0.39 is 16.1 Å². The number of carbonyl (C=O) groups excluding carboxylic acids is 1. The van der Waals surface area contributed by atoms with Gasteiger partial charge in [-0.25, -0.2) is 8.42 Å². The molecule has 2 rings (SSSR count). The Hall–Kier alpha value is -0.920. The molecule has 5 nitrogen and oxygen atoms in total. The first-order valence-electron chi connectivity index (χ1n) is 6.87. The fraction of sp³-hybridized carbons (Fsp3) is 0.500. The maximum absolute atomic E-state index is 12.3. The molecule has 1 atom stereocenters. The third kappa shape index (κ3) is 4.52. The molecule has 1 amide bonds. The van der Waals surface area contributed by atoms with Crippen LogP contribution in [0, 0.1) is 0 Å². The third-order valence-electron chi connectivity index (χ3n) is 3.54. The third-order valence-corrected chi connectivity index (χ3v) is 5.32. The molecular formula is C14H19BrN2O3S. The van der Waals surface area contributed by atoms with Crippen molar-refractivity contribution in [2.24, 2.45) is 0 Å². The molecule has 7 heteroatoms. The fourth-order valence-corrected chi connectivity index (χ4v) is 4.09. The zero-order chi connectivity index (χ0) is 15.5. The van der Waals surface area contributed by atoms with Crippen molar-refractivity contribution < 1.29 is 13.2 Å². The number of piperidine rings is 1. The molecule has 21 heavy (non-hydrogen) atoms. The van der Waals surface area contributed by atoms with Crippen LogP contribution in [-0.4, -0.2) is 37.5 Å². The van der Waals surface area contributed by atoms with Gasteiger partial charge >= 0.3 is 0 Å². The van der Waals surface area contributed by atoms with E-state index in [1.165, 1.54) is 4.31 Å². The number of hydrogen-bond donors (Lipinski definition) is 1. The smallest absolute Gasteiger partial charge is 0.238 e. The second kappa shape index (κ2) is 6.89. The summed E-state index contributed by atoms with van der Waals surface area (Å²) in [5.74, 6) is -0.222. The molecule has 1 N–H and O–H groups in total. The zero-order valence-corrected chi connectivity index (χ0v) is 14.3. The Morgan fingerprint density at radius 1 is 1.43 bits per heavy atom. The van der Waals surface area contributed by atoms with Gasteiger partial charge in [0, 0.05) is 17.6 Å². The van der Waals surface area contributed by atoms with Gasteiger partial charge in [0.1, 0.15) is 6.04 Å². The average Bonchev–Trinajstić information content (AvgIpc) is 2.44. The lowest BCUT2D eigenvalue weighted by Gasteiger charge is -2.32. The number of rotatable bonds is 4. The van der Waals surface area contributed by atoms with Crippen molar-refractivity contribution in [1.29, 1.82) is 0 Å². The van der Waals surface area contributed by atoms with Crippen LogP contribution in [0.5, 0.6) is 0 Å². The molecule has 116 valence electrons. The van der Waals surface area contributed by atoms with Gasteiger partial charge in [-0.05, 0) is 30.5 Å². The van der Waals surface area contributed by atoms with E-state index in [0.29, 0.717) is 19.5 Å². The van der Waals surface area contributed by atoms with Gasteiger partial charge in [-0.1, -0.05) is 34.5 Å². The molecule has 1 unspecified atom stereocenters. The average molecular weight is 375 g/mol. The minimum atomic E-state index is -3.34. The second-order valence-electron chi connectivity index (χ2n) is 5.23. The number of sulfonamides is 1. The summed E-state index contributed by atoms with van der Waals surface area (Å²) >= 11 is 3.38. The van der Waals surface area contributed by atoms with Gasteiger partial charge in [-0.15, -0.1) is 0 Å². The van der Waals surface area contributed by atoms with Crippen molar-refractivity contribution in [3.63, 3.8) is 0 Å². The first kappa shape index (κ1) is 16.5. The maximum Gasteiger partial charge on any atom is 0.238 e. The summed E-state index contributed by atoms with van der Waals surface area (Å²) < 4.78 is 25.8. The Morgan fingerprint density at radius 3 is 2.86 bits per heavy atom. The summed E-state index contributed by atoms with van der Waals surface area (Å²) in [6, 6.07) is 7.07. The summed E-state index contributed by atoms with van der Waals surface area (Å²) in [4.78, 5) is 12.3. The monoisotopic (exact) mass is 374 g/mol. The standard InChI is InChI=1S/C14H19BrN2O3S/c1-21(19,20)17-8-3-2-7-13(17)14(18)16-10-11-5-4-6-12(15)9-11/h4-6,9,13H,2-3,7-8,10H2,1H3,(H,16,18). The number of halogens is 1. The van der Waals surface area contributed by atoms with Crippen molar-refractivity contribution in [3.05, 3.63) is 34.3 Å². The van der Waals surface area contributed by atoms with Gasteiger partial charge < -0.3 is 5.32 Å². The van der Waals surface area contributed by atoms with Crippen LogP contribution in [-0.2, 0) is 21.4 Å². The van der Waals surface area contributed by atoms with Crippen LogP contribution in [0.2, 0.25) is 0 Å². The lowest BCUT2D eigenvalue weighted by molar-refractivity contribution is -0.125. The summed E-state index contributed by atoms with van der Waals surface area (Å²) in [6.45, 7) is 0.820. The largest absolute Gasteiger partial charge is 0.351 e. The van der Waals surface area contributed by atoms with E-state index in [4.69, 9.17) is 0 Å². The molecule has 1 aromatic rings.